The summed E-state index contributed by atoms with van der Waals surface area (Å²) in [6, 6.07) is 20.8. The van der Waals surface area contributed by atoms with E-state index in [9.17, 15) is 0 Å². The van der Waals surface area contributed by atoms with Crippen LogP contribution in [0.1, 0.15) is 50.7 Å². The van der Waals surface area contributed by atoms with E-state index >= 15 is 0 Å². The molecule has 0 amide bonds. The number of rotatable bonds is 6. The number of halogens is 2. The van der Waals surface area contributed by atoms with Gasteiger partial charge >= 0.3 is 26.2 Å². The minimum Gasteiger partial charge on any atom is -1.00 e. The Balaban J connectivity index is 0.000000569. The van der Waals surface area contributed by atoms with Gasteiger partial charge < -0.3 is 24.8 Å². The third kappa shape index (κ3) is 10.4. The van der Waals surface area contributed by atoms with E-state index in [1.54, 1.807) is 0 Å². The van der Waals surface area contributed by atoms with E-state index < -0.39 is 0 Å². The van der Waals surface area contributed by atoms with Crippen molar-refractivity contribution in [3.8, 4) is 0 Å². The average Bonchev–Trinajstić information content (AvgIpc) is 3.48. The second-order valence-corrected chi connectivity index (χ2v) is 7.37. The number of benzene rings is 2. The van der Waals surface area contributed by atoms with Crippen LogP contribution in [0.4, 0.5) is 0 Å². The summed E-state index contributed by atoms with van der Waals surface area (Å²) in [5.74, 6) is 0. The van der Waals surface area contributed by atoms with Gasteiger partial charge in [-0.2, -0.15) is 24.3 Å². The fourth-order valence-corrected chi connectivity index (χ4v) is 3.23. The molecule has 0 atom stereocenters. The van der Waals surface area contributed by atoms with Crippen LogP contribution in [0.2, 0.25) is 0 Å². The first-order valence-electron chi connectivity index (χ1n) is 11.0. The summed E-state index contributed by atoms with van der Waals surface area (Å²) in [4.78, 5) is 0. The van der Waals surface area contributed by atoms with E-state index in [-0.39, 0.29) is 51.0 Å². The third-order valence-corrected chi connectivity index (χ3v) is 4.89. The molecule has 0 heterocycles. The quantitative estimate of drug-likeness (QED) is 0.483. The van der Waals surface area contributed by atoms with Crippen molar-refractivity contribution < 1.29 is 51.0 Å². The van der Waals surface area contributed by atoms with Gasteiger partial charge in [-0.15, -0.1) is 46.6 Å². The molecule has 168 valence electrons. The Hall–Kier alpha value is -1.66. The van der Waals surface area contributed by atoms with Gasteiger partial charge in [-0.05, 0) is 0 Å². The van der Waals surface area contributed by atoms with E-state index in [4.69, 9.17) is 0 Å². The molecule has 2 aliphatic carbocycles. The van der Waals surface area contributed by atoms with Crippen LogP contribution in [0.15, 0.2) is 108 Å². The predicted molar refractivity (Wildman–Crippen MR) is 130 cm³/mol. The molecule has 0 radical (unpaired) electrons. The fourth-order valence-electron chi connectivity index (χ4n) is 3.23. The summed E-state index contributed by atoms with van der Waals surface area (Å²) in [6.07, 6.45) is 24.5. The molecular formula is C30H30Cl2Zr. The van der Waals surface area contributed by atoms with Gasteiger partial charge in [0, 0.05) is 0 Å². The maximum absolute atomic E-state index is 3.41. The SMILES string of the molecule is CCCC=C1[C-]=C(c2ccccc2)C=C1.CCCC=C1[C-]=C(c2ccccc2)C=C1.[Cl-].[Cl-].[Zr+4]. The molecule has 0 aromatic heterocycles. The molecule has 2 aromatic carbocycles. The van der Waals surface area contributed by atoms with Gasteiger partial charge in [0.2, 0.25) is 0 Å². The molecule has 0 saturated carbocycles. The van der Waals surface area contributed by atoms with E-state index in [1.807, 2.05) is 12.1 Å². The Morgan fingerprint density at radius 3 is 1.27 bits per heavy atom. The van der Waals surface area contributed by atoms with Gasteiger partial charge in [0.1, 0.15) is 0 Å². The van der Waals surface area contributed by atoms with Gasteiger partial charge in [-0.25, -0.2) is 0 Å². The molecule has 0 fully saturated rings. The molecule has 2 aliphatic rings. The maximum Gasteiger partial charge on any atom is 4.00 e. The first-order chi connectivity index (χ1) is 14.8. The van der Waals surface area contributed by atoms with Crippen LogP contribution < -0.4 is 24.8 Å². The summed E-state index contributed by atoms with van der Waals surface area (Å²) >= 11 is 0. The molecule has 0 nitrogen and oxygen atoms in total. The van der Waals surface area contributed by atoms with Crippen molar-refractivity contribution in [2.75, 3.05) is 0 Å². The van der Waals surface area contributed by atoms with Crippen molar-refractivity contribution in [2.45, 2.75) is 39.5 Å². The zero-order chi connectivity index (χ0) is 21.0. The molecule has 0 N–H and O–H groups in total. The topological polar surface area (TPSA) is 0 Å². The van der Waals surface area contributed by atoms with Crippen molar-refractivity contribution >= 4 is 11.1 Å². The van der Waals surface area contributed by atoms with Gasteiger partial charge in [-0.3, -0.25) is 0 Å². The van der Waals surface area contributed by atoms with Crippen LogP contribution >= 0.6 is 0 Å². The summed E-state index contributed by atoms with van der Waals surface area (Å²) < 4.78 is 0. The van der Waals surface area contributed by atoms with Crippen molar-refractivity contribution in [3.05, 3.63) is 132 Å². The second kappa shape index (κ2) is 17.8. The van der Waals surface area contributed by atoms with Gasteiger partial charge in [0.15, 0.2) is 0 Å². The molecule has 33 heavy (non-hydrogen) atoms. The monoisotopic (exact) mass is 550 g/mol. The summed E-state index contributed by atoms with van der Waals surface area (Å²) in [6.45, 7) is 4.38. The van der Waals surface area contributed by atoms with E-state index in [0.29, 0.717) is 0 Å². The molecule has 4 rings (SSSR count). The number of allylic oxidation sites excluding steroid dienone is 12. The van der Waals surface area contributed by atoms with Gasteiger partial charge in [0.05, 0.1) is 0 Å². The van der Waals surface area contributed by atoms with E-state index in [2.05, 4.69) is 111 Å². The van der Waals surface area contributed by atoms with E-state index in [0.717, 1.165) is 12.8 Å². The van der Waals surface area contributed by atoms with Crippen LogP contribution in [0.5, 0.6) is 0 Å². The smallest absolute Gasteiger partial charge is 1.00 e. The second-order valence-electron chi connectivity index (χ2n) is 7.37. The molecular weight excluding hydrogens is 522 g/mol. The Morgan fingerprint density at radius 2 is 0.939 bits per heavy atom. The first-order valence-corrected chi connectivity index (χ1v) is 11.0. The van der Waals surface area contributed by atoms with Crippen molar-refractivity contribution in [2.24, 2.45) is 0 Å². The minimum atomic E-state index is 0. The molecule has 0 spiro atoms. The molecule has 0 saturated heterocycles. The minimum absolute atomic E-state index is 0. The predicted octanol–water partition coefficient (Wildman–Crippen LogP) is 2.34. The Bertz CT molecular complexity index is 911. The van der Waals surface area contributed by atoms with Gasteiger partial charge in [-0.1, -0.05) is 111 Å². The molecule has 0 bridgehead atoms. The Kier molecular flexibility index (Phi) is 16.9. The molecule has 0 aliphatic heterocycles. The van der Waals surface area contributed by atoms with Crippen molar-refractivity contribution in [3.63, 3.8) is 0 Å². The largest absolute Gasteiger partial charge is 4.00 e. The standard InChI is InChI=1S/2C15H15.2ClH.Zr/c2*1-2-3-7-13-10-11-15(12-13)14-8-5-4-6-9-14;;;/h2*4-11H,2-3H2,1H3;2*1H;/q2*-1;;;+4/p-2. The van der Waals surface area contributed by atoms with Crippen LogP contribution in [-0.4, -0.2) is 0 Å². The Morgan fingerprint density at radius 1 is 0.576 bits per heavy atom. The van der Waals surface area contributed by atoms with Crippen molar-refractivity contribution in [1.82, 2.24) is 0 Å². The molecule has 0 unspecified atom stereocenters. The molecule has 2 aromatic rings. The van der Waals surface area contributed by atoms with Crippen LogP contribution in [0, 0.1) is 12.2 Å². The summed E-state index contributed by atoms with van der Waals surface area (Å²) in [5.41, 5.74) is 7.31. The summed E-state index contributed by atoms with van der Waals surface area (Å²) in [5, 5.41) is 0. The maximum atomic E-state index is 3.41. The third-order valence-electron chi connectivity index (χ3n) is 4.89. The van der Waals surface area contributed by atoms with Crippen LogP contribution in [0.3, 0.4) is 0 Å². The average molecular weight is 553 g/mol. The van der Waals surface area contributed by atoms with Crippen molar-refractivity contribution in [1.29, 1.82) is 0 Å². The number of hydrogen-bond acceptors (Lipinski definition) is 0. The van der Waals surface area contributed by atoms with Crippen LogP contribution in [0.25, 0.3) is 11.1 Å². The van der Waals surface area contributed by atoms with E-state index in [1.165, 1.54) is 46.3 Å². The summed E-state index contributed by atoms with van der Waals surface area (Å²) in [7, 11) is 0. The van der Waals surface area contributed by atoms with Gasteiger partial charge in [0.25, 0.3) is 0 Å². The fraction of sp³-hybridized carbons (Fsp3) is 0.200. The zero-order valence-electron chi connectivity index (χ0n) is 19.3. The van der Waals surface area contributed by atoms with Crippen LogP contribution in [-0.2, 0) is 26.2 Å². The molecule has 3 heteroatoms. The Labute approximate surface area is 231 Å². The number of hydrogen-bond donors (Lipinski definition) is 0. The first kappa shape index (κ1) is 31.3. The normalized spacial score (nSPS) is 15.6. The zero-order valence-corrected chi connectivity index (χ0v) is 23.3. The number of unbranched alkanes of at least 4 members (excludes halogenated alkanes) is 2.